The average molecular weight is 274 g/mol. The van der Waals surface area contributed by atoms with Crippen molar-refractivity contribution in [1.29, 1.82) is 0 Å². The molecule has 1 N–H and O–H groups in total. The van der Waals surface area contributed by atoms with Gasteiger partial charge in [0.05, 0.1) is 0 Å². The Bertz CT molecular complexity index is 567. The number of rotatable bonds is 4. The molecule has 106 valence electrons. The third kappa shape index (κ3) is 2.66. The van der Waals surface area contributed by atoms with Crippen LogP contribution in [0, 0.1) is 11.7 Å². The lowest BCUT2D eigenvalue weighted by Gasteiger charge is -2.15. The molecule has 1 saturated carbocycles. The topological polar surface area (TPSA) is 42.7 Å². The minimum absolute atomic E-state index is 0.287. The smallest absolute Gasteiger partial charge is 0.150 e. The summed E-state index contributed by atoms with van der Waals surface area (Å²) in [6, 6.07) is 5.64. The molecule has 20 heavy (non-hydrogen) atoms. The Hall–Kier alpha value is -1.91. The Balaban J connectivity index is 1.71. The van der Waals surface area contributed by atoms with Crippen molar-refractivity contribution in [2.24, 2.45) is 5.92 Å². The molecule has 1 aromatic carbocycles. The van der Waals surface area contributed by atoms with E-state index in [4.69, 9.17) is 0 Å². The van der Waals surface area contributed by atoms with E-state index in [0.29, 0.717) is 11.7 Å². The third-order valence-electron chi connectivity index (χ3n) is 4.10. The van der Waals surface area contributed by atoms with E-state index in [1.807, 2.05) is 6.07 Å². The van der Waals surface area contributed by atoms with Gasteiger partial charge >= 0.3 is 0 Å². The maximum absolute atomic E-state index is 14.1. The normalized spacial score (nSPS) is 22.1. The molecule has 1 aromatic heterocycles. The number of aromatic nitrogens is 3. The molecule has 2 unspecified atom stereocenters. The van der Waals surface area contributed by atoms with Crippen LogP contribution in [0.1, 0.15) is 32.6 Å². The van der Waals surface area contributed by atoms with Crippen LogP contribution in [0.25, 0.3) is 5.69 Å². The molecule has 0 aliphatic heterocycles. The number of nitrogens with zero attached hydrogens (tertiary/aromatic N) is 3. The largest absolute Gasteiger partial charge is 0.382 e. The van der Waals surface area contributed by atoms with E-state index < -0.39 is 0 Å². The average Bonchev–Trinajstić information content (AvgIpc) is 3.10. The molecule has 1 aliphatic carbocycles. The summed E-state index contributed by atoms with van der Waals surface area (Å²) in [4.78, 5) is 3.83. The number of anilines is 1. The van der Waals surface area contributed by atoms with Gasteiger partial charge in [0.25, 0.3) is 0 Å². The fourth-order valence-corrected chi connectivity index (χ4v) is 2.93. The van der Waals surface area contributed by atoms with Gasteiger partial charge in [-0.1, -0.05) is 13.3 Å². The van der Waals surface area contributed by atoms with Gasteiger partial charge in [0.2, 0.25) is 0 Å². The zero-order chi connectivity index (χ0) is 13.9. The van der Waals surface area contributed by atoms with E-state index in [1.165, 1.54) is 49.1 Å². The molecule has 0 bridgehead atoms. The Morgan fingerprint density at radius 1 is 1.40 bits per heavy atom. The van der Waals surface area contributed by atoms with Crippen molar-refractivity contribution < 1.29 is 4.39 Å². The molecule has 0 amide bonds. The Morgan fingerprint density at radius 3 is 2.95 bits per heavy atom. The zero-order valence-electron chi connectivity index (χ0n) is 11.6. The predicted molar refractivity (Wildman–Crippen MR) is 76.4 cm³/mol. The minimum Gasteiger partial charge on any atom is -0.382 e. The summed E-state index contributed by atoms with van der Waals surface area (Å²) in [5, 5.41) is 7.38. The van der Waals surface area contributed by atoms with Crippen LogP contribution in [-0.2, 0) is 0 Å². The third-order valence-corrected chi connectivity index (χ3v) is 4.10. The van der Waals surface area contributed by atoms with Crippen molar-refractivity contribution in [3.05, 3.63) is 36.7 Å². The molecule has 3 rings (SSSR count). The molecule has 1 heterocycles. The van der Waals surface area contributed by atoms with Crippen LogP contribution in [-0.4, -0.2) is 20.8 Å². The highest BCUT2D eigenvalue weighted by Gasteiger charge is 2.23. The van der Waals surface area contributed by atoms with Gasteiger partial charge in [0, 0.05) is 11.7 Å². The molecular formula is C15H19FN4. The van der Waals surface area contributed by atoms with Crippen LogP contribution >= 0.6 is 0 Å². The van der Waals surface area contributed by atoms with E-state index in [0.717, 1.165) is 11.6 Å². The molecule has 0 spiro atoms. The van der Waals surface area contributed by atoms with Crippen LogP contribution in [0.15, 0.2) is 30.9 Å². The molecule has 2 atom stereocenters. The molecule has 0 radical (unpaired) electrons. The number of nitrogens with one attached hydrogen (secondary N) is 1. The second-order valence-corrected chi connectivity index (χ2v) is 5.43. The van der Waals surface area contributed by atoms with E-state index in [-0.39, 0.29) is 5.82 Å². The van der Waals surface area contributed by atoms with Gasteiger partial charge in [0.15, 0.2) is 5.82 Å². The summed E-state index contributed by atoms with van der Waals surface area (Å²) in [7, 11) is 0. The van der Waals surface area contributed by atoms with Crippen molar-refractivity contribution in [1.82, 2.24) is 14.8 Å². The van der Waals surface area contributed by atoms with E-state index in [9.17, 15) is 4.39 Å². The summed E-state index contributed by atoms with van der Waals surface area (Å²) in [6.45, 7) is 2.24. The molecule has 5 heteroatoms. The van der Waals surface area contributed by atoms with Crippen LogP contribution in [0.3, 0.4) is 0 Å². The van der Waals surface area contributed by atoms with Crippen LogP contribution in [0.5, 0.6) is 0 Å². The van der Waals surface area contributed by atoms with Crippen molar-refractivity contribution >= 4 is 5.69 Å². The number of hydrogen-bond acceptors (Lipinski definition) is 3. The highest BCUT2D eigenvalue weighted by atomic mass is 19.1. The maximum atomic E-state index is 14.1. The molecule has 1 fully saturated rings. The summed E-state index contributed by atoms with van der Waals surface area (Å²) < 4.78 is 15.5. The van der Waals surface area contributed by atoms with Gasteiger partial charge in [-0.05, 0) is 43.4 Å². The van der Waals surface area contributed by atoms with Gasteiger partial charge in [-0.15, -0.1) is 0 Å². The fourth-order valence-electron chi connectivity index (χ4n) is 2.93. The first-order chi connectivity index (χ1) is 9.76. The van der Waals surface area contributed by atoms with Crippen molar-refractivity contribution in [2.45, 2.75) is 38.6 Å². The van der Waals surface area contributed by atoms with Crippen LogP contribution in [0.4, 0.5) is 10.1 Å². The standard InChI is InChI=1S/C15H19FN4/c1-2-11-3-4-12(7-11)19-13-5-6-15(14(16)8-13)20-10-17-9-18-20/h5-6,8-12,19H,2-4,7H2,1H3. The lowest BCUT2D eigenvalue weighted by atomic mass is 10.1. The maximum Gasteiger partial charge on any atom is 0.150 e. The van der Waals surface area contributed by atoms with Crippen molar-refractivity contribution in [2.75, 3.05) is 5.32 Å². The van der Waals surface area contributed by atoms with E-state index in [2.05, 4.69) is 22.3 Å². The molecule has 0 saturated heterocycles. The number of hydrogen-bond donors (Lipinski definition) is 1. The fraction of sp³-hybridized carbons (Fsp3) is 0.467. The monoisotopic (exact) mass is 274 g/mol. The summed E-state index contributed by atoms with van der Waals surface area (Å²) in [5.74, 6) is 0.525. The van der Waals surface area contributed by atoms with Gasteiger partial charge in [-0.3, -0.25) is 0 Å². The first-order valence-corrected chi connectivity index (χ1v) is 7.17. The van der Waals surface area contributed by atoms with E-state index in [1.54, 1.807) is 6.07 Å². The number of halogens is 1. The second kappa shape index (κ2) is 5.61. The van der Waals surface area contributed by atoms with Crippen molar-refractivity contribution in [3.8, 4) is 5.69 Å². The van der Waals surface area contributed by atoms with Crippen LogP contribution in [0.2, 0.25) is 0 Å². The second-order valence-electron chi connectivity index (χ2n) is 5.43. The molecular weight excluding hydrogens is 255 g/mol. The van der Waals surface area contributed by atoms with Crippen LogP contribution < -0.4 is 5.32 Å². The molecule has 2 aromatic rings. The molecule has 1 aliphatic rings. The number of benzene rings is 1. The highest BCUT2D eigenvalue weighted by Crippen LogP contribution is 2.30. The Labute approximate surface area is 118 Å². The van der Waals surface area contributed by atoms with Gasteiger partial charge < -0.3 is 5.32 Å². The highest BCUT2D eigenvalue weighted by molar-refractivity contribution is 5.50. The Kier molecular flexibility index (Phi) is 3.67. The quantitative estimate of drug-likeness (QED) is 0.929. The predicted octanol–water partition coefficient (Wildman–Crippen LogP) is 3.40. The van der Waals surface area contributed by atoms with Gasteiger partial charge in [-0.25, -0.2) is 14.1 Å². The lowest BCUT2D eigenvalue weighted by molar-refractivity contribution is 0.525. The van der Waals surface area contributed by atoms with E-state index >= 15 is 0 Å². The minimum atomic E-state index is -0.287. The lowest BCUT2D eigenvalue weighted by Crippen LogP contribution is -2.15. The zero-order valence-corrected chi connectivity index (χ0v) is 11.6. The first kappa shape index (κ1) is 13.1. The Morgan fingerprint density at radius 2 is 2.30 bits per heavy atom. The summed E-state index contributed by atoms with van der Waals surface area (Å²) in [6.07, 6.45) is 7.75. The first-order valence-electron chi connectivity index (χ1n) is 7.17. The summed E-state index contributed by atoms with van der Waals surface area (Å²) in [5.41, 5.74) is 1.26. The molecule has 4 nitrogen and oxygen atoms in total. The van der Waals surface area contributed by atoms with Gasteiger partial charge in [-0.2, -0.15) is 5.10 Å². The summed E-state index contributed by atoms with van der Waals surface area (Å²) >= 11 is 0. The van der Waals surface area contributed by atoms with Gasteiger partial charge in [0.1, 0.15) is 18.3 Å². The van der Waals surface area contributed by atoms with Crippen molar-refractivity contribution in [3.63, 3.8) is 0 Å². The SMILES string of the molecule is CCC1CCC(Nc2ccc(-n3cncn3)c(F)c2)C1.